The Morgan fingerprint density at radius 2 is 1.55 bits per heavy atom. The Labute approximate surface area is 78.1 Å². The van der Waals surface area contributed by atoms with Gasteiger partial charge in [0, 0.05) is 6.42 Å². The van der Waals surface area contributed by atoms with Gasteiger partial charge < -0.3 is 0 Å². The first-order chi connectivity index (χ1) is 5.41. The summed E-state index contributed by atoms with van der Waals surface area (Å²) >= 11 is 7.90. The Bertz CT molecular complexity index is 55.3. The predicted molar refractivity (Wildman–Crippen MR) is 49.9 cm³/mol. The zero-order chi connectivity index (χ0) is 8.36. The molecule has 1 heterocycles. The third kappa shape index (κ3) is 10.6. The molecule has 1 fully saturated rings. The minimum Gasteiger partial charge on any atom is -0.206 e. The van der Waals surface area contributed by atoms with Crippen LogP contribution >= 0.6 is 25.3 Å². The van der Waals surface area contributed by atoms with Crippen LogP contribution in [0.4, 0.5) is 0 Å². The zero-order valence-electron chi connectivity index (χ0n) is 6.36. The quantitative estimate of drug-likeness (QED) is 0.520. The molecule has 68 valence electrons. The fourth-order valence-electron chi connectivity index (χ4n) is 0.350. The van der Waals surface area contributed by atoms with Gasteiger partial charge in [-0.2, -0.15) is 25.3 Å². The molecule has 0 N–H and O–H groups in total. The molecule has 5 heteroatoms. The maximum atomic E-state index is 4.35. The van der Waals surface area contributed by atoms with Crippen LogP contribution in [0.3, 0.4) is 0 Å². The highest BCUT2D eigenvalue weighted by Gasteiger charge is 1.96. The fraction of sp³-hybridized carbons (Fsp3) is 1.00. The predicted octanol–water partition coefficient (Wildman–Crippen LogP) is 1.51. The van der Waals surface area contributed by atoms with Gasteiger partial charge in [0.1, 0.15) is 0 Å². The lowest BCUT2D eigenvalue weighted by molar-refractivity contribution is -0.532. The van der Waals surface area contributed by atoms with Gasteiger partial charge in [-0.05, 0) is 17.9 Å². The van der Waals surface area contributed by atoms with E-state index in [1.54, 1.807) is 0 Å². The topological polar surface area (TPSA) is 27.7 Å². The summed E-state index contributed by atoms with van der Waals surface area (Å²) in [5.41, 5.74) is 0. The summed E-state index contributed by atoms with van der Waals surface area (Å²) in [6.07, 6.45) is 2.05. The largest absolute Gasteiger partial charge is 0.206 e. The molecule has 0 aliphatic carbocycles. The lowest BCUT2D eigenvalue weighted by Gasteiger charge is -2.06. The van der Waals surface area contributed by atoms with Crippen LogP contribution in [-0.4, -0.2) is 24.7 Å². The second kappa shape index (κ2) is 10.6. The number of hydrogen-bond acceptors (Lipinski definition) is 5. The van der Waals surface area contributed by atoms with Crippen LogP contribution in [0.2, 0.25) is 0 Å². The molecule has 0 saturated carbocycles. The van der Waals surface area contributed by atoms with Gasteiger partial charge in [0.15, 0.2) is 0 Å². The van der Waals surface area contributed by atoms with Crippen LogP contribution in [0, 0.1) is 0 Å². The standard InChI is InChI=1S/C3H6O3.C3H8S2/c1-2-4-6-5-3-1;4-2-1-3-5/h1-3H2;4-5H,1-3H2. The van der Waals surface area contributed by atoms with Crippen LogP contribution in [0.25, 0.3) is 0 Å². The molecular formula is C6H14O3S2. The summed E-state index contributed by atoms with van der Waals surface area (Å²) in [6, 6.07) is 0. The van der Waals surface area contributed by atoms with Crippen LogP contribution < -0.4 is 0 Å². The highest BCUT2D eigenvalue weighted by atomic mass is 32.1. The second-order valence-corrected chi connectivity index (χ2v) is 2.76. The van der Waals surface area contributed by atoms with Gasteiger partial charge in [-0.15, -0.1) is 0 Å². The van der Waals surface area contributed by atoms with Crippen molar-refractivity contribution in [2.75, 3.05) is 24.7 Å². The van der Waals surface area contributed by atoms with E-state index < -0.39 is 0 Å². The van der Waals surface area contributed by atoms with Crippen molar-refractivity contribution in [2.45, 2.75) is 12.8 Å². The van der Waals surface area contributed by atoms with E-state index in [4.69, 9.17) is 0 Å². The highest BCUT2D eigenvalue weighted by Crippen LogP contribution is 1.93. The van der Waals surface area contributed by atoms with Gasteiger partial charge in [0.05, 0.1) is 13.2 Å². The SMILES string of the molecule is C1COOOC1.SCCCS. The summed E-state index contributed by atoms with van der Waals surface area (Å²) in [5, 5.41) is 4.07. The summed E-state index contributed by atoms with van der Waals surface area (Å²) < 4.78 is 0. The summed E-state index contributed by atoms with van der Waals surface area (Å²) in [7, 11) is 0. The van der Waals surface area contributed by atoms with E-state index in [0.29, 0.717) is 13.2 Å². The van der Waals surface area contributed by atoms with Crippen molar-refractivity contribution in [3.05, 3.63) is 0 Å². The Hall–Kier alpha value is 0.580. The first kappa shape index (κ1) is 11.6. The second-order valence-electron chi connectivity index (χ2n) is 1.87. The fourth-order valence-corrected chi connectivity index (χ4v) is 0.915. The van der Waals surface area contributed by atoms with E-state index in [2.05, 4.69) is 40.1 Å². The van der Waals surface area contributed by atoms with Crippen molar-refractivity contribution >= 4 is 25.3 Å². The third-order valence-electron chi connectivity index (χ3n) is 0.868. The molecule has 0 spiro atoms. The molecule has 0 radical (unpaired) electrons. The van der Waals surface area contributed by atoms with Crippen molar-refractivity contribution in [2.24, 2.45) is 0 Å². The zero-order valence-corrected chi connectivity index (χ0v) is 8.15. The molecule has 0 aromatic carbocycles. The highest BCUT2D eigenvalue weighted by molar-refractivity contribution is 7.81. The van der Waals surface area contributed by atoms with Crippen LogP contribution in [0.1, 0.15) is 12.8 Å². The first-order valence-electron chi connectivity index (χ1n) is 3.54. The first-order valence-corrected chi connectivity index (χ1v) is 4.81. The van der Waals surface area contributed by atoms with Crippen molar-refractivity contribution in [3.8, 4) is 0 Å². The average molecular weight is 198 g/mol. The van der Waals surface area contributed by atoms with Gasteiger partial charge in [0.25, 0.3) is 0 Å². The minimum atomic E-state index is 0.653. The van der Waals surface area contributed by atoms with Gasteiger partial charge in [-0.1, -0.05) is 5.04 Å². The van der Waals surface area contributed by atoms with E-state index in [-0.39, 0.29) is 0 Å². The normalized spacial score (nSPS) is 16.9. The Kier molecular flexibility index (Phi) is 11.1. The molecule has 11 heavy (non-hydrogen) atoms. The van der Waals surface area contributed by atoms with Gasteiger partial charge >= 0.3 is 0 Å². The Morgan fingerprint density at radius 3 is 1.64 bits per heavy atom. The maximum absolute atomic E-state index is 4.35. The maximum Gasteiger partial charge on any atom is 0.0877 e. The molecule has 0 atom stereocenters. The van der Waals surface area contributed by atoms with E-state index >= 15 is 0 Å². The van der Waals surface area contributed by atoms with Gasteiger partial charge in [0.2, 0.25) is 0 Å². The van der Waals surface area contributed by atoms with Crippen molar-refractivity contribution in [1.82, 2.24) is 0 Å². The number of thiol groups is 2. The molecule has 1 rings (SSSR count). The molecule has 1 aliphatic heterocycles. The molecule has 0 aromatic rings. The third-order valence-corrected chi connectivity index (χ3v) is 1.50. The molecular weight excluding hydrogens is 184 g/mol. The van der Waals surface area contributed by atoms with Crippen LogP contribution in [0.15, 0.2) is 0 Å². The van der Waals surface area contributed by atoms with Crippen molar-refractivity contribution in [1.29, 1.82) is 0 Å². The van der Waals surface area contributed by atoms with Gasteiger partial charge in [-0.25, -0.2) is 9.78 Å². The molecule has 1 aliphatic rings. The molecule has 1 saturated heterocycles. The smallest absolute Gasteiger partial charge is 0.0877 e. The van der Waals surface area contributed by atoms with E-state index in [0.717, 1.165) is 24.3 Å². The Morgan fingerprint density at radius 1 is 1.00 bits per heavy atom. The molecule has 0 unspecified atom stereocenters. The minimum absolute atomic E-state index is 0.653. The Balaban J connectivity index is 0.000000187. The lowest BCUT2D eigenvalue weighted by Crippen LogP contribution is -2.08. The lowest BCUT2D eigenvalue weighted by atomic mass is 10.5. The van der Waals surface area contributed by atoms with E-state index in [1.807, 2.05) is 0 Å². The number of hydrogen-bond donors (Lipinski definition) is 2. The molecule has 0 bridgehead atoms. The summed E-state index contributed by atoms with van der Waals surface area (Å²) in [4.78, 5) is 8.69. The molecule has 3 nitrogen and oxygen atoms in total. The van der Waals surface area contributed by atoms with Crippen molar-refractivity contribution < 1.29 is 14.8 Å². The van der Waals surface area contributed by atoms with Crippen LogP contribution in [-0.2, 0) is 14.8 Å². The summed E-state index contributed by atoms with van der Waals surface area (Å²) in [6.45, 7) is 1.31. The number of rotatable bonds is 2. The van der Waals surface area contributed by atoms with E-state index in [1.165, 1.54) is 0 Å². The molecule has 0 amide bonds. The van der Waals surface area contributed by atoms with Gasteiger partial charge in [-0.3, -0.25) is 0 Å². The van der Waals surface area contributed by atoms with Crippen LogP contribution in [0.5, 0.6) is 0 Å². The summed E-state index contributed by atoms with van der Waals surface area (Å²) in [5.74, 6) is 1.92. The van der Waals surface area contributed by atoms with E-state index in [9.17, 15) is 0 Å². The monoisotopic (exact) mass is 198 g/mol. The van der Waals surface area contributed by atoms with Crippen molar-refractivity contribution in [3.63, 3.8) is 0 Å². The molecule has 0 aromatic heterocycles. The average Bonchev–Trinajstić information content (AvgIpc) is 2.10.